The molecule has 0 spiro atoms. The Morgan fingerprint density at radius 3 is 1.81 bits per heavy atom. The first-order valence-electron chi connectivity index (χ1n) is 19.3. The molecule has 54 heavy (non-hydrogen) atoms. The fourth-order valence-corrected chi connectivity index (χ4v) is 6.93. The third-order valence-electron chi connectivity index (χ3n) is 9.96. The Kier molecular flexibility index (Phi) is 16.0. The zero-order valence-electron chi connectivity index (χ0n) is 31.6. The summed E-state index contributed by atoms with van der Waals surface area (Å²) in [6.45, 7) is 5.79. The molecule has 6 amide bonds. The predicted molar refractivity (Wildman–Crippen MR) is 206 cm³/mol. The summed E-state index contributed by atoms with van der Waals surface area (Å²) in [7, 11) is 0. The number of nitrogens with zero attached hydrogens (tertiary/aromatic N) is 2. The quantitative estimate of drug-likeness (QED) is 0.168. The number of nitrogens with two attached hydrogens (primary N) is 1. The van der Waals surface area contributed by atoms with Crippen LogP contribution in [0.25, 0.3) is 0 Å². The molecular formula is C43H53N5O6. The summed E-state index contributed by atoms with van der Waals surface area (Å²) in [5.41, 5.74) is 10.8. The lowest BCUT2D eigenvalue weighted by Crippen LogP contribution is -2.52. The zero-order chi connectivity index (χ0) is 39.0. The van der Waals surface area contributed by atoms with Gasteiger partial charge in [-0.1, -0.05) is 63.1 Å². The second-order valence-corrected chi connectivity index (χ2v) is 13.9. The Morgan fingerprint density at radius 1 is 0.722 bits per heavy atom. The number of hydrogen-bond acceptors (Lipinski definition) is 7. The molecule has 4 aliphatic heterocycles. The smallest absolute Gasteiger partial charge is 0.255 e. The highest BCUT2D eigenvalue weighted by molar-refractivity contribution is 6.06. The fourth-order valence-electron chi connectivity index (χ4n) is 6.93. The van der Waals surface area contributed by atoms with Gasteiger partial charge in [0.2, 0.25) is 23.6 Å². The number of piperidine rings is 2. The standard InChI is InChI=1S/C19H20N2O3.C18H23N3O3.C6H10/c1-2-3-4-5-7-13-8-6-9-14-15(13)12-21(19(14)24)16-10-11-17(22)20-18(16)23;19-10-3-1-2-5-12-6-4-7-13-14(12)11-21(18(13)24)15-8-9-16(22)20-17(15)23;1-3-5-6-4-2/h6,8-9,16H,2-4,10-12H2,1H3,(H,20,22,23);4,6-7,15H,1-3,5,8-11,19H2,(H,20,22,23);1H,4-6H2,2H3. The number of fused-ring (bicyclic) bond motifs is 2. The van der Waals surface area contributed by atoms with Crippen LogP contribution in [0.3, 0.4) is 0 Å². The van der Waals surface area contributed by atoms with Gasteiger partial charge >= 0.3 is 0 Å². The van der Waals surface area contributed by atoms with Crippen molar-refractivity contribution in [3.63, 3.8) is 0 Å². The van der Waals surface area contributed by atoms with Crippen molar-refractivity contribution < 1.29 is 28.8 Å². The maximum Gasteiger partial charge on any atom is 0.255 e. The van der Waals surface area contributed by atoms with Crippen molar-refractivity contribution in [3.05, 3.63) is 69.8 Å². The normalized spacial score (nSPS) is 18.6. The summed E-state index contributed by atoms with van der Waals surface area (Å²) in [6.07, 6.45) is 16.7. The van der Waals surface area contributed by atoms with Gasteiger partial charge in [0.15, 0.2) is 0 Å². The van der Waals surface area contributed by atoms with Crippen molar-refractivity contribution in [2.24, 2.45) is 5.73 Å². The zero-order valence-corrected chi connectivity index (χ0v) is 31.6. The number of hydrogen-bond donors (Lipinski definition) is 3. The van der Waals surface area contributed by atoms with Gasteiger partial charge in [-0.15, -0.1) is 12.3 Å². The van der Waals surface area contributed by atoms with Crippen molar-refractivity contribution in [1.82, 2.24) is 20.4 Å². The molecule has 0 aliphatic carbocycles. The molecule has 2 aromatic carbocycles. The topological polar surface area (TPSA) is 159 Å². The molecule has 11 nitrogen and oxygen atoms in total. The predicted octanol–water partition coefficient (Wildman–Crippen LogP) is 4.92. The Balaban J connectivity index is 0.000000209. The van der Waals surface area contributed by atoms with Gasteiger partial charge in [0, 0.05) is 55.5 Å². The Morgan fingerprint density at radius 2 is 1.28 bits per heavy atom. The number of aryl methyl sites for hydroxylation is 1. The molecule has 286 valence electrons. The molecule has 4 aliphatic rings. The highest BCUT2D eigenvalue weighted by Crippen LogP contribution is 2.31. The van der Waals surface area contributed by atoms with Crippen LogP contribution in [-0.2, 0) is 38.7 Å². The van der Waals surface area contributed by atoms with Crippen LogP contribution < -0.4 is 16.4 Å². The molecule has 2 aromatic rings. The minimum atomic E-state index is -0.580. The van der Waals surface area contributed by atoms with Gasteiger partial charge in [0.05, 0.1) is 0 Å². The highest BCUT2D eigenvalue weighted by atomic mass is 16.2. The number of carbonyl (C=O) groups excluding carboxylic acids is 6. The monoisotopic (exact) mass is 735 g/mol. The van der Waals surface area contributed by atoms with E-state index in [4.69, 9.17) is 12.2 Å². The summed E-state index contributed by atoms with van der Waals surface area (Å²) in [4.78, 5) is 75.3. The van der Waals surface area contributed by atoms with Crippen LogP contribution >= 0.6 is 0 Å². The molecule has 0 radical (unpaired) electrons. The van der Waals surface area contributed by atoms with Gasteiger partial charge in [0.1, 0.15) is 12.1 Å². The molecule has 2 atom stereocenters. The van der Waals surface area contributed by atoms with Gasteiger partial charge in [-0.2, -0.15) is 0 Å². The van der Waals surface area contributed by atoms with E-state index in [-0.39, 0.29) is 48.3 Å². The van der Waals surface area contributed by atoms with E-state index in [1.165, 1.54) is 18.4 Å². The summed E-state index contributed by atoms with van der Waals surface area (Å²) >= 11 is 0. The third kappa shape index (κ3) is 10.7. The number of imide groups is 2. The third-order valence-corrected chi connectivity index (χ3v) is 9.96. The van der Waals surface area contributed by atoms with Crippen molar-refractivity contribution in [1.29, 1.82) is 0 Å². The second-order valence-electron chi connectivity index (χ2n) is 13.9. The van der Waals surface area contributed by atoms with E-state index in [0.717, 1.165) is 68.1 Å². The number of nitrogens with one attached hydrogen (secondary N) is 2. The number of benzene rings is 2. The van der Waals surface area contributed by atoms with E-state index in [1.807, 2.05) is 24.3 Å². The van der Waals surface area contributed by atoms with Gasteiger partial charge in [0.25, 0.3) is 11.8 Å². The summed E-state index contributed by atoms with van der Waals surface area (Å²) in [5.74, 6) is 7.33. The molecule has 4 N–H and O–H groups in total. The molecule has 4 heterocycles. The Labute approximate surface area is 319 Å². The maximum atomic E-state index is 12.7. The van der Waals surface area contributed by atoms with E-state index in [9.17, 15) is 28.8 Å². The summed E-state index contributed by atoms with van der Waals surface area (Å²) in [6, 6.07) is 10.2. The van der Waals surface area contributed by atoms with Crippen molar-refractivity contribution in [2.45, 2.75) is 129 Å². The number of carbonyl (C=O) groups is 6. The molecule has 2 saturated heterocycles. The van der Waals surface area contributed by atoms with Gasteiger partial charge in [-0.25, -0.2) is 0 Å². The number of rotatable bonds is 11. The minimum Gasteiger partial charge on any atom is -0.330 e. The largest absolute Gasteiger partial charge is 0.330 e. The lowest BCUT2D eigenvalue weighted by molar-refractivity contribution is -0.138. The lowest BCUT2D eigenvalue weighted by Gasteiger charge is -2.29. The van der Waals surface area contributed by atoms with E-state index in [0.29, 0.717) is 43.6 Å². The van der Waals surface area contributed by atoms with Crippen LogP contribution in [0, 0.1) is 24.2 Å². The van der Waals surface area contributed by atoms with Gasteiger partial charge in [-0.3, -0.25) is 39.4 Å². The first kappa shape index (κ1) is 41.5. The molecule has 11 heteroatoms. The van der Waals surface area contributed by atoms with Crippen LogP contribution in [0.1, 0.15) is 140 Å². The summed E-state index contributed by atoms with van der Waals surface area (Å²) < 4.78 is 0. The van der Waals surface area contributed by atoms with Crippen molar-refractivity contribution in [3.8, 4) is 24.2 Å². The fraction of sp³-hybridized carbons (Fsp3) is 0.488. The molecular weight excluding hydrogens is 683 g/mol. The molecule has 0 aromatic heterocycles. The Bertz CT molecular complexity index is 1820. The average Bonchev–Trinajstić information content (AvgIpc) is 3.68. The van der Waals surface area contributed by atoms with Crippen LogP contribution in [0.5, 0.6) is 0 Å². The Hall–Kier alpha value is -5.26. The van der Waals surface area contributed by atoms with Crippen molar-refractivity contribution in [2.75, 3.05) is 6.54 Å². The maximum absolute atomic E-state index is 12.7. The first-order valence-corrected chi connectivity index (χ1v) is 19.3. The molecule has 2 unspecified atom stereocenters. The van der Waals surface area contributed by atoms with Crippen LogP contribution in [0.4, 0.5) is 0 Å². The average molecular weight is 736 g/mol. The van der Waals surface area contributed by atoms with E-state index in [2.05, 4.69) is 48.3 Å². The molecule has 0 bridgehead atoms. The van der Waals surface area contributed by atoms with Crippen LogP contribution in [0.2, 0.25) is 0 Å². The first-order chi connectivity index (χ1) is 26.1. The SMILES string of the molecule is C#CCCCC.CCCCC#Cc1cccc2c1CN(C1CCC(=O)NC1=O)C2=O.NCCCCCc1cccc2c1CN(C1CCC(=O)NC1=O)C2=O. The number of terminal acetylenes is 1. The number of unbranched alkanes of at least 4 members (excludes halogenated alkanes) is 6. The van der Waals surface area contributed by atoms with Crippen molar-refractivity contribution >= 4 is 35.4 Å². The molecule has 2 fully saturated rings. The van der Waals surface area contributed by atoms with E-state index < -0.39 is 12.1 Å². The highest BCUT2D eigenvalue weighted by Gasteiger charge is 2.41. The van der Waals surface area contributed by atoms with Crippen LogP contribution in [-0.4, -0.2) is 63.9 Å². The van der Waals surface area contributed by atoms with Crippen LogP contribution in [0.15, 0.2) is 36.4 Å². The van der Waals surface area contributed by atoms with E-state index in [1.54, 1.807) is 15.9 Å². The molecule has 6 rings (SSSR count). The van der Waals surface area contributed by atoms with Gasteiger partial charge < -0.3 is 15.5 Å². The summed E-state index contributed by atoms with van der Waals surface area (Å²) in [5, 5.41) is 4.65. The van der Waals surface area contributed by atoms with Gasteiger partial charge in [-0.05, 0) is 86.4 Å². The second kappa shape index (κ2) is 20.8. The van der Waals surface area contributed by atoms with E-state index >= 15 is 0 Å². The number of amides is 6. The molecule has 0 saturated carbocycles. The lowest BCUT2D eigenvalue weighted by atomic mass is 9.98. The minimum absolute atomic E-state index is 0.108.